The number of sulfonamides is 1. The first kappa shape index (κ1) is 18.9. The van der Waals surface area contributed by atoms with Crippen molar-refractivity contribution in [2.75, 3.05) is 10.0 Å². The number of nitrogens with zero attached hydrogens (tertiary/aromatic N) is 1. The number of benzene rings is 2. The van der Waals surface area contributed by atoms with Crippen LogP contribution in [0.5, 0.6) is 0 Å². The average molecular weight is 382 g/mol. The van der Waals surface area contributed by atoms with E-state index in [0.29, 0.717) is 11.5 Å². The van der Waals surface area contributed by atoms with Gasteiger partial charge >= 0.3 is 0 Å². The third kappa shape index (κ3) is 4.46. The van der Waals surface area contributed by atoms with Crippen molar-refractivity contribution in [2.45, 2.75) is 31.6 Å². The fourth-order valence-electron chi connectivity index (χ4n) is 2.87. The molecule has 0 amide bonds. The summed E-state index contributed by atoms with van der Waals surface area (Å²) >= 11 is 0. The summed E-state index contributed by atoms with van der Waals surface area (Å²) in [6.07, 6.45) is 3.36. The van der Waals surface area contributed by atoms with Crippen LogP contribution in [0.1, 0.15) is 25.0 Å². The van der Waals surface area contributed by atoms with Crippen LogP contribution in [0.25, 0.3) is 0 Å². The Morgan fingerprint density at radius 1 is 0.852 bits per heavy atom. The summed E-state index contributed by atoms with van der Waals surface area (Å²) in [4.78, 5) is 4.58. The zero-order valence-electron chi connectivity index (χ0n) is 15.4. The summed E-state index contributed by atoms with van der Waals surface area (Å²) < 4.78 is 27.3. The molecule has 27 heavy (non-hydrogen) atoms. The van der Waals surface area contributed by atoms with Gasteiger partial charge in [-0.1, -0.05) is 50.2 Å². The molecule has 0 fully saturated rings. The van der Waals surface area contributed by atoms with E-state index >= 15 is 0 Å². The zero-order valence-corrected chi connectivity index (χ0v) is 16.3. The Hall–Kier alpha value is -2.86. The predicted octanol–water partition coefficient (Wildman–Crippen LogP) is 4.75. The summed E-state index contributed by atoms with van der Waals surface area (Å²) in [5.74, 6) is 0.674. The van der Waals surface area contributed by atoms with Gasteiger partial charge in [-0.05, 0) is 48.2 Å². The van der Waals surface area contributed by atoms with E-state index in [1.165, 1.54) is 17.3 Å². The Balaban J connectivity index is 1.79. The molecule has 0 saturated heterocycles. The van der Waals surface area contributed by atoms with Crippen molar-refractivity contribution in [3.63, 3.8) is 0 Å². The smallest absolute Gasteiger partial charge is 0.261 e. The molecule has 0 saturated carbocycles. The van der Waals surface area contributed by atoms with Gasteiger partial charge in [0.05, 0.1) is 16.8 Å². The summed E-state index contributed by atoms with van der Waals surface area (Å²) in [6.45, 7) is 4.24. The van der Waals surface area contributed by atoms with Crippen molar-refractivity contribution in [1.82, 2.24) is 4.98 Å². The minimum Gasteiger partial charge on any atom is -0.340 e. The van der Waals surface area contributed by atoms with Crippen molar-refractivity contribution < 1.29 is 8.42 Å². The normalized spacial score (nSPS) is 11.2. The van der Waals surface area contributed by atoms with E-state index in [1.807, 2.05) is 0 Å². The van der Waals surface area contributed by atoms with Gasteiger partial charge in [0.15, 0.2) is 0 Å². The summed E-state index contributed by atoms with van der Waals surface area (Å²) in [5.41, 5.74) is 3.95. The van der Waals surface area contributed by atoms with Crippen LogP contribution in [-0.2, 0) is 22.9 Å². The van der Waals surface area contributed by atoms with Crippen LogP contribution in [0, 0.1) is 0 Å². The average Bonchev–Trinajstić information content (AvgIpc) is 2.70. The molecule has 140 valence electrons. The molecule has 2 aromatic carbocycles. The maximum absolute atomic E-state index is 12.4. The maximum atomic E-state index is 12.4. The number of hydrogen-bond acceptors (Lipinski definition) is 4. The highest BCUT2D eigenvalue weighted by Crippen LogP contribution is 2.26. The SMILES string of the molecule is CCc1cccc(CC)c1Nc1ccc(NS(=O)(=O)c2ccccc2)cn1. The third-order valence-electron chi connectivity index (χ3n) is 4.32. The van der Waals surface area contributed by atoms with Gasteiger partial charge in [-0.25, -0.2) is 13.4 Å². The van der Waals surface area contributed by atoms with Crippen molar-refractivity contribution in [3.8, 4) is 0 Å². The Morgan fingerprint density at radius 3 is 2.07 bits per heavy atom. The minimum absolute atomic E-state index is 0.219. The van der Waals surface area contributed by atoms with Gasteiger partial charge in [-0.3, -0.25) is 4.72 Å². The van der Waals surface area contributed by atoms with E-state index in [2.05, 4.69) is 47.1 Å². The quantitative estimate of drug-likeness (QED) is 0.619. The Morgan fingerprint density at radius 2 is 1.52 bits per heavy atom. The summed E-state index contributed by atoms with van der Waals surface area (Å²) in [5, 5.41) is 3.38. The molecule has 0 aliphatic rings. The van der Waals surface area contributed by atoms with Gasteiger partial charge in [0.25, 0.3) is 10.0 Å². The van der Waals surface area contributed by atoms with Crippen LogP contribution in [0.15, 0.2) is 71.8 Å². The van der Waals surface area contributed by atoms with Crippen molar-refractivity contribution >= 4 is 27.2 Å². The highest BCUT2D eigenvalue weighted by molar-refractivity contribution is 7.92. The lowest BCUT2D eigenvalue weighted by atomic mass is 10.0. The van der Waals surface area contributed by atoms with E-state index in [1.54, 1.807) is 42.5 Å². The molecule has 0 aliphatic heterocycles. The Kier molecular flexibility index (Phi) is 5.76. The lowest BCUT2D eigenvalue weighted by Crippen LogP contribution is -2.13. The van der Waals surface area contributed by atoms with Gasteiger partial charge < -0.3 is 5.32 Å². The van der Waals surface area contributed by atoms with Crippen LogP contribution in [-0.4, -0.2) is 13.4 Å². The molecule has 0 radical (unpaired) electrons. The first-order valence-corrected chi connectivity index (χ1v) is 10.4. The maximum Gasteiger partial charge on any atom is 0.261 e. The summed E-state index contributed by atoms with van der Waals surface area (Å²) in [7, 11) is -3.62. The monoisotopic (exact) mass is 381 g/mol. The Bertz CT molecular complexity index is 979. The number of aromatic nitrogens is 1. The van der Waals surface area contributed by atoms with Crippen LogP contribution in [0.2, 0.25) is 0 Å². The van der Waals surface area contributed by atoms with Crippen LogP contribution >= 0.6 is 0 Å². The third-order valence-corrected chi connectivity index (χ3v) is 5.72. The molecule has 2 N–H and O–H groups in total. The molecule has 0 unspecified atom stereocenters. The molecule has 0 atom stereocenters. The number of hydrogen-bond donors (Lipinski definition) is 2. The van der Waals surface area contributed by atoms with Gasteiger partial charge in [-0.15, -0.1) is 0 Å². The van der Waals surface area contributed by atoms with Gasteiger partial charge in [-0.2, -0.15) is 0 Å². The number of para-hydroxylation sites is 1. The van der Waals surface area contributed by atoms with Crippen LogP contribution in [0.4, 0.5) is 17.2 Å². The van der Waals surface area contributed by atoms with E-state index in [9.17, 15) is 8.42 Å². The van der Waals surface area contributed by atoms with Crippen LogP contribution < -0.4 is 10.0 Å². The fourth-order valence-corrected chi connectivity index (χ4v) is 3.94. The molecule has 1 aromatic heterocycles. The molecule has 6 heteroatoms. The highest BCUT2D eigenvalue weighted by Gasteiger charge is 2.14. The first-order chi connectivity index (χ1) is 13.0. The summed E-state index contributed by atoms with van der Waals surface area (Å²) in [6, 6.07) is 18.0. The van der Waals surface area contributed by atoms with Crippen LogP contribution in [0.3, 0.4) is 0 Å². The van der Waals surface area contributed by atoms with Crippen molar-refractivity contribution in [1.29, 1.82) is 0 Å². The second kappa shape index (κ2) is 8.22. The lowest BCUT2D eigenvalue weighted by molar-refractivity contribution is 0.601. The molecule has 1 heterocycles. The number of anilines is 3. The highest BCUT2D eigenvalue weighted by atomic mass is 32.2. The molecule has 5 nitrogen and oxygen atoms in total. The van der Waals surface area contributed by atoms with Gasteiger partial charge in [0, 0.05) is 5.69 Å². The fraction of sp³-hybridized carbons (Fsp3) is 0.190. The minimum atomic E-state index is -3.62. The zero-order chi connectivity index (χ0) is 19.3. The van der Waals surface area contributed by atoms with E-state index < -0.39 is 10.0 Å². The molecular formula is C21H23N3O2S. The van der Waals surface area contributed by atoms with Crippen molar-refractivity contribution in [2.24, 2.45) is 0 Å². The van der Waals surface area contributed by atoms with E-state index in [-0.39, 0.29) is 4.90 Å². The second-order valence-corrected chi connectivity index (χ2v) is 7.82. The van der Waals surface area contributed by atoms with Crippen molar-refractivity contribution in [3.05, 3.63) is 78.0 Å². The number of nitrogens with one attached hydrogen (secondary N) is 2. The standard InChI is InChI=1S/C21H23N3O2S/c1-3-16-9-8-10-17(4-2)21(16)23-20-14-13-18(15-22-20)24-27(25,26)19-11-6-5-7-12-19/h5-15,24H,3-4H2,1-2H3,(H,22,23). The number of rotatable bonds is 7. The lowest BCUT2D eigenvalue weighted by Gasteiger charge is -2.15. The molecule has 0 aliphatic carbocycles. The van der Waals surface area contributed by atoms with E-state index in [0.717, 1.165) is 18.5 Å². The number of aryl methyl sites for hydroxylation is 2. The molecular weight excluding hydrogens is 358 g/mol. The second-order valence-electron chi connectivity index (χ2n) is 6.13. The molecule has 3 aromatic rings. The molecule has 3 rings (SSSR count). The predicted molar refractivity (Wildman–Crippen MR) is 110 cm³/mol. The number of pyridine rings is 1. The van der Waals surface area contributed by atoms with Gasteiger partial charge in [0.2, 0.25) is 0 Å². The van der Waals surface area contributed by atoms with E-state index in [4.69, 9.17) is 0 Å². The molecule has 0 spiro atoms. The molecule has 0 bridgehead atoms. The Labute approximate surface area is 160 Å². The first-order valence-electron chi connectivity index (χ1n) is 8.95. The van der Waals surface area contributed by atoms with Gasteiger partial charge in [0.1, 0.15) is 5.82 Å². The topological polar surface area (TPSA) is 71.1 Å². The largest absolute Gasteiger partial charge is 0.340 e.